The Hall–Kier alpha value is -1.51. The van der Waals surface area contributed by atoms with Crippen molar-refractivity contribution in [2.24, 2.45) is 0 Å². The minimum absolute atomic E-state index is 0.178. The van der Waals surface area contributed by atoms with Gasteiger partial charge in [0.25, 0.3) is 0 Å². The molecule has 2 nitrogen and oxygen atoms in total. The smallest absolute Gasteiger partial charge is 0.227 e. The maximum Gasteiger partial charge on any atom is 0.227 e. The van der Waals surface area contributed by atoms with Crippen molar-refractivity contribution in [1.29, 1.82) is 0 Å². The van der Waals surface area contributed by atoms with Gasteiger partial charge in [-0.05, 0) is 30.2 Å². The van der Waals surface area contributed by atoms with Crippen LogP contribution >= 0.6 is 23.2 Å². The van der Waals surface area contributed by atoms with E-state index in [4.69, 9.17) is 23.2 Å². The fourth-order valence-corrected chi connectivity index (χ4v) is 2.82. The van der Waals surface area contributed by atoms with Crippen LogP contribution in [-0.2, 0) is 4.79 Å². The number of para-hydroxylation sites is 1. The maximum absolute atomic E-state index is 12.0. The van der Waals surface area contributed by atoms with Crippen LogP contribution in [0, 0.1) is 0 Å². The van der Waals surface area contributed by atoms with Crippen molar-refractivity contribution in [2.45, 2.75) is 12.8 Å². The quantitative estimate of drug-likeness (QED) is 0.781. The molecule has 0 spiro atoms. The SMILES string of the molecule is O=C1CCCN1c1ccccc1-c1ccc(Cl)c(Cl)c1. The summed E-state index contributed by atoms with van der Waals surface area (Å²) in [5.41, 5.74) is 2.91. The van der Waals surface area contributed by atoms with E-state index >= 15 is 0 Å². The lowest BCUT2D eigenvalue weighted by Gasteiger charge is -2.20. The molecular formula is C16H13Cl2NO. The van der Waals surface area contributed by atoms with Gasteiger partial charge < -0.3 is 4.90 Å². The highest BCUT2D eigenvalue weighted by Gasteiger charge is 2.23. The number of rotatable bonds is 2. The first kappa shape index (κ1) is 13.5. The summed E-state index contributed by atoms with van der Waals surface area (Å²) in [7, 11) is 0. The van der Waals surface area contributed by atoms with Crippen LogP contribution in [0.5, 0.6) is 0 Å². The monoisotopic (exact) mass is 305 g/mol. The van der Waals surface area contributed by atoms with Crippen LogP contribution in [0.2, 0.25) is 10.0 Å². The molecule has 1 aliphatic heterocycles. The first-order chi connectivity index (χ1) is 9.66. The molecule has 1 saturated heterocycles. The second-order valence-corrected chi connectivity index (χ2v) is 5.61. The minimum atomic E-state index is 0.178. The molecule has 2 aromatic rings. The molecule has 3 rings (SSSR count). The van der Waals surface area contributed by atoms with Crippen molar-refractivity contribution < 1.29 is 4.79 Å². The van der Waals surface area contributed by atoms with Crippen LogP contribution in [0.1, 0.15) is 12.8 Å². The number of amides is 1. The zero-order valence-electron chi connectivity index (χ0n) is 10.8. The maximum atomic E-state index is 12.0. The number of benzene rings is 2. The van der Waals surface area contributed by atoms with Gasteiger partial charge in [-0.25, -0.2) is 0 Å². The van der Waals surface area contributed by atoms with Crippen LogP contribution in [0.4, 0.5) is 5.69 Å². The molecule has 102 valence electrons. The zero-order chi connectivity index (χ0) is 14.1. The van der Waals surface area contributed by atoms with E-state index in [1.54, 1.807) is 6.07 Å². The van der Waals surface area contributed by atoms with Gasteiger partial charge in [-0.15, -0.1) is 0 Å². The first-order valence-corrected chi connectivity index (χ1v) is 7.27. The molecule has 1 amide bonds. The van der Waals surface area contributed by atoms with E-state index in [2.05, 4.69) is 0 Å². The molecule has 4 heteroatoms. The molecule has 0 aliphatic carbocycles. The highest BCUT2D eigenvalue weighted by atomic mass is 35.5. The Labute approximate surface area is 127 Å². The van der Waals surface area contributed by atoms with Crippen molar-refractivity contribution >= 4 is 34.8 Å². The molecule has 20 heavy (non-hydrogen) atoms. The van der Waals surface area contributed by atoms with E-state index in [0.29, 0.717) is 16.5 Å². The molecule has 1 fully saturated rings. The lowest BCUT2D eigenvalue weighted by atomic mass is 10.0. The molecule has 2 aromatic carbocycles. The third kappa shape index (κ3) is 2.41. The summed E-state index contributed by atoms with van der Waals surface area (Å²) < 4.78 is 0. The van der Waals surface area contributed by atoms with Gasteiger partial charge in [0.2, 0.25) is 5.91 Å². The normalized spacial score (nSPS) is 14.9. The lowest BCUT2D eigenvalue weighted by Crippen LogP contribution is -2.24. The Morgan fingerprint density at radius 1 is 1.00 bits per heavy atom. The number of hydrogen-bond donors (Lipinski definition) is 0. The number of carbonyl (C=O) groups is 1. The van der Waals surface area contributed by atoms with E-state index in [1.165, 1.54) is 0 Å². The van der Waals surface area contributed by atoms with Crippen LogP contribution in [0.25, 0.3) is 11.1 Å². The van der Waals surface area contributed by atoms with Crippen molar-refractivity contribution in [3.8, 4) is 11.1 Å². The Morgan fingerprint density at radius 3 is 2.50 bits per heavy atom. The number of halogens is 2. The minimum Gasteiger partial charge on any atom is -0.312 e. The number of anilines is 1. The van der Waals surface area contributed by atoms with Gasteiger partial charge in [0.15, 0.2) is 0 Å². The number of nitrogens with zero attached hydrogens (tertiary/aromatic N) is 1. The van der Waals surface area contributed by atoms with Gasteiger partial charge in [0.1, 0.15) is 0 Å². The van der Waals surface area contributed by atoms with E-state index in [0.717, 1.165) is 29.8 Å². The summed E-state index contributed by atoms with van der Waals surface area (Å²) in [6.07, 6.45) is 1.53. The third-order valence-electron chi connectivity index (χ3n) is 3.50. The van der Waals surface area contributed by atoms with E-state index in [-0.39, 0.29) is 5.91 Å². The molecule has 0 unspecified atom stereocenters. The molecule has 1 heterocycles. The lowest BCUT2D eigenvalue weighted by molar-refractivity contribution is -0.117. The molecule has 0 atom stereocenters. The zero-order valence-corrected chi connectivity index (χ0v) is 12.3. The third-order valence-corrected chi connectivity index (χ3v) is 4.24. The van der Waals surface area contributed by atoms with Gasteiger partial charge in [0, 0.05) is 18.5 Å². The Bertz CT molecular complexity index is 669. The molecule has 0 aromatic heterocycles. The highest BCUT2D eigenvalue weighted by Crippen LogP contribution is 2.35. The summed E-state index contributed by atoms with van der Waals surface area (Å²) in [6.45, 7) is 0.775. The predicted octanol–water partition coefficient (Wildman–Crippen LogP) is 4.79. The van der Waals surface area contributed by atoms with Gasteiger partial charge in [-0.1, -0.05) is 47.5 Å². The molecule has 0 radical (unpaired) electrons. The molecule has 1 aliphatic rings. The summed E-state index contributed by atoms with van der Waals surface area (Å²) in [6, 6.07) is 13.4. The molecular weight excluding hydrogens is 293 g/mol. The highest BCUT2D eigenvalue weighted by molar-refractivity contribution is 6.42. The Balaban J connectivity index is 2.09. The van der Waals surface area contributed by atoms with Gasteiger partial charge in [-0.2, -0.15) is 0 Å². The van der Waals surface area contributed by atoms with Crippen LogP contribution in [0.15, 0.2) is 42.5 Å². The molecule has 0 bridgehead atoms. The average molecular weight is 306 g/mol. The van der Waals surface area contributed by atoms with E-state index < -0.39 is 0 Å². The van der Waals surface area contributed by atoms with Gasteiger partial charge in [0.05, 0.1) is 15.7 Å². The Morgan fingerprint density at radius 2 is 1.80 bits per heavy atom. The van der Waals surface area contributed by atoms with Crippen LogP contribution in [0.3, 0.4) is 0 Å². The second-order valence-electron chi connectivity index (χ2n) is 4.79. The Kier molecular flexibility index (Phi) is 3.68. The van der Waals surface area contributed by atoms with Crippen molar-refractivity contribution in [3.63, 3.8) is 0 Å². The summed E-state index contributed by atoms with van der Waals surface area (Å²) in [4.78, 5) is 13.8. The fourth-order valence-electron chi connectivity index (χ4n) is 2.52. The fraction of sp³-hybridized carbons (Fsp3) is 0.188. The van der Waals surface area contributed by atoms with Crippen molar-refractivity contribution in [3.05, 3.63) is 52.5 Å². The predicted molar refractivity (Wildman–Crippen MR) is 83.5 cm³/mol. The van der Waals surface area contributed by atoms with Crippen LogP contribution < -0.4 is 4.90 Å². The van der Waals surface area contributed by atoms with E-state index in [1.807, 2.05) is 41.3 Å². The van der Waals surface area contributed by atoms with Crippen LogP contribution in [-0.4, -0.2) is 12.5 Å². The topological polar surface area (TPSA) is 20.3 Å². The van der Waals surface area contributed by atoms with Gasteiger partial charge in [-0.3, -0.25) is 4.79 Å². The average Bonchev–Trinajstić information content (AvgIpc) is 2.88. The standard InChI is InChI=1S/C16H13Cl2NO/c17-13-8-7-11(10-14(13)18)12-4-1-2-5-15(12)19-9-3-6-16(19)20/h1-2,4-5,7-8,10H,3,6,9H2. The first-order valence-electron chi connectivity index (χ1n) is 6.51. The number of hydrogen-bond acceptors (Lipinski definition) is 1. The number of carbonyl (C=O) groups excluding carboxylic acids is 1. The largest absolute Gasteiger partial charge is 0.312 e. The molecule has 0 N–H and O–H groups in total. The summed E-state index contributed by atoms with van der Waals surface area (Å²) in [5, 5.41) is 1.05. The second kappa shape index (κ2) is 5.47. The van der Waals surface area contributed by atoms with Crippen molar-refractivity contribution in [2.75, 3.05) is 11.4 Å². The summed E-state index contributed by atoms with van der Waals surface area (Å²) in [5.74, 6) is 0.178. The van der Waals surface area contributed by atoms with Gasteiger partial charge >= 0.3 is 0 Å². The van der Waals surface area contributed by atoms with Crippen molar-refractivity contribution in [1.82, 2.24) is 0 Å². The van der Waals surface area contributed by atoms with E-state index in [9.17, 15) is 4.79 Å². The summed E-state index contributed by atoms with van der Waals surface area (Å²) >= 11 is 12.1. The molecule has 0 saturated carbocycles.